The third-order valence-electron chi connectivity index (χ3n) is 6.55. The lowest BCUT2D eigenvalue weighted by atomic mass is 10.0. The second kappa shape index (κ2) is 11.1. The van der Waals surface area contributed by atoms with Crippen LogP contribution in [0.1, 0.15) is 37.9 Å². The minimum absolute atomic E-state index is 0.207. The van der Waals surface area contributed by atoms with Crippen molar-refractivity contribution in [3.8, 4) is 11.3 Å². The molecular weight excluding hydrogens is 487 g/mol. The van der Waals surface area contributed by atoms with Crippen LogP contribution in [0.15, 0.2) is 42.7 Å². The van der Waals surface area contributed by atoms with Crippen LogP contribution in [0.5, 0.6) is 0 Å². The van der Waals surface area contributed by atoms with Gasteiger partial charge in [-0.05, 0) is 36.6 Å². The SMILES string of the molecule is CCOC(=O)N1CCN(Cc2ccc(Nc3ncc(F)c(-c4ccc5n[nH]c(C(C)C)c5c4)n3)nc2)CC1. The van der Waals surface area contributed by atoms with Crippen LogP contribution in [0.4, 0.5) is 21.0 Å². The zero-order valence-corrected chi connectivity index (χ0v) is 21.7. The van der Waals surface area contributed by atoms with Gasteiger partial charge in [0.2, 0.25) is 5.95 Å². The summed E-state index contributed by atoms with van der Waals surface area (Å²) in [6.07, 6.45) is 2.71. The van der Waals surface area contributed by atoms with Crippen LogP contribution in [0.25, 0.3) is 22.2 Å². The number of hydrogen-bond acceptors (Lipinski definition) is 8. The van der Waals surface area contributed by atoms with E-state index in [9.17, 15) is 9.18 Å². The highest BCUT2D eigenvalue weighted by Gasteiger charge is 2.22. The largest absolute Gasteiger partial charge is 0.450 e. The first-order valence-electron chi connectivity index (χ1n) is 12.8. The molecule has 10 nitrogen and oxygen atoms in total. The number of hydrogen-bond donors (Lipinski definition) is 2. The van der Waals surface area contributed by atoms with Gasteiger partial charge in [0, 0.05) is 55.6 Å². The third-order valence-corrected chi connectivity index (χ3v) is 6.55. The molecule has 1 aromatic carbocycles. The Hall–Kier alpha value is -4.12. The van der Waals surface area contributed by atoms with Gasteiger partial charge < -0.3 is 15.0 Å². The zero-order valence-electron chi connectivity index (χ0n) is 21.7. The number of rotatable bonds is 7. The number of aromatic nitrogens is 5. The molecule has 11 heteroatoms. The van der Waals surface area contributed by atoms with Crippen molar-refractivity contribution in [3.05, 3.63) is 59.8 Å². The van der Waals surface area contributed by atoms with Crippen LogP contribution in [-0.4, -0.2) is 73.8 Å². The summed E-state index contributed by atoms with van der Waals surface area (Å²) in [7, 11) is 0. The Labute approximate surface area is 220 Å². The van der Waals surface area contributed by atoms with E-state index >= 15 is 0 Å². The predicted octanol–water partition coefficient (Wildman–Crippen LogP) is 4.70. The standard InChI is InChI=1S/C27H31FN8O2/c1-4-38-27(37)36-11-9-35(10-12-36)16-18-5-8-23(29-14-18)31-26-30-15-21(28)25(32-26)19-6-7-22-20(13-19)24(17(2)3)34-33-22/h5-8,13-15,17H,4,9-12,16H2,1-3H3,(H,33,34)(H,29,30,31,32). The van der Waals surface area contributed by atoms with Gasteiger partial charge in [0.1, 0.15) is 11.5 Å². The summed E-state index contributed by atoms with van der Waals surface area (Å²) in [4.78, 5) is 28.9. The van der Waals surface area contributed by atoms with Gasteiger partial charge in [-0.25, -0.2) is 24.1 Å². The first kappa shape index (κ1) is 25.5. The van der Waals surface area contributed by atoms with Crippen LogP contribution in [0.2, 0.25) is 0 Å². The number of amides is 1. The fourth-order valence-electron chi connectivity index (χ4n) is 4.52. The first-order valence-corrected chi connectivity index (χ1v) is 12.8. The van der Waals surface area contributed by atoms with Crippen molar-refractivity contribution >= 4 is 28.8 Å². The van der Waals surface area contributed by atoms with Crippen LogP contribution >= 0.6 is 0 Å². The zero-order chi connectivity index (χ0) is 26.6. The summed E-state index contributed by atoms with van der Waals surface area (Å²) in [6.45, 7) is 9.92. The second-order valence-corrected chi connectivity index (χ2v) is 9.55. The van der Waals surface area contributed by atoms with E-state index in [-0.39, 0.29) is 23.7 Å². The lowest BCUT2D eigenvalue weighted by molar-refractivity contribution is 0.0778. The highest BCUT2D eigenvalue weighted by atomic mass is 19.1. The Kier molecular flexibility index (Phi) is 7.45. The third kappa shape index (κ3) is 5.57. The van der Waals surface area contributed by atoms with E-state index in [1.165, 1.54) is 0 Å². The maximum Gasteiger partial charge on any atom is 0.409 e. The Morgan fingerprint density at radius 2 is 1.95 bits per heavy atom. The molecule has 1 amide bonds. The summed E-state index contributed by atoms with van der Waals surface area (Å²) in [5.74, 6) is 0.570. The number of H-pyrrole nitrogens is 1. The average molecular weight is 519 g/mol. The molecule has 1 fully saturated rings. The highest BCUT2D eigenvalue weighted by Crippen LogP contribution is 2.29. The number of ether oxygens (including phenoxy) is 1. The molecule has 1 saturated heterocycles. The Morgan fingerprint density at radius 3 is 2.66 bits per heavy atom. The van der Waals surface area contributed by atoms with Crippen molar-refractivity contribution in [1.82, 2.24) is 34.9 Å². The molecule has 0 atom stereocenters. The fraction of sp³-hybridized carbons (Fsp3) is 0.370. The van der Waals surface area contributed by atoms with Gasteiger partial charge in [0.15, 0.2) is 5.82 Å². The van der Waals surface area contributed by atoms with Crippen LogP contribution in [-0.2, 0) is 11.3 Å². The van der Waals surface area contributed by atoms with Gasteiger partial charge in [0.25, 0.3) is 0 Å². The number of carbonyl (C=O) groups is 1. The van der Waals surface area contributed by atoms with E-state index in [1.807, 2.05) is 37.3 Å². The number of halogens is 1. The second-order valence-electron chi connectivity index (χ2n) is 9.55. The first-order chi connectivity index (χ1) is 18.4. The maximum absolute atomic E-state index is 14.7. The molecule has 1 aliphatic heterocycles. The minimum Gasteiger partial charge on any atom is -0.450 e. The molecule has 0 saturated carbocycles. The number of anilines is 2. The molecule has 0 bridgehead atoms. The summed E-state index contributed by atoms with van der Waals surface area (Å²) < 4.78 is 19.8. The smallest absolute Gasteiger partial charge is 0.409 e. The Morgan fingerprint density at radius 1 is 1.13 bits per heavy atom. The fourth-order valence-corrected chi connectivity index (χ4v) is 4.52. The number of nitrogens with zero attached hydrogens (tertiary/aromatic N) is 6. The number of carbonyl (C=O) groups excluding carboxylic acids is 1. The van der Waals surface area contributed by atoms with Crippen LogP contribution in [0.3, 0.4) is 0 Å². The number of nitrogens with one attached hydrogen (secondary N) is 2. The number of benzene rings is 1. The molecule has 0 spiro atoms. The summed E-state index contributed by atoms with van der Waals surface area (Å²) >= 11 is 0. The summed E-state index contributed by atoms with van der Waals surface area (Å²) in [5, 5.41) is 11.4. The molecule has 198 valence electrons. The minimum atomic E-state index is -0.504. The average Bonchev–Trinajstić information content (AvgIpc) is 3.35. The summed E-state index contributed by atoms with van der Waals surface area (Å²) in [6, 6.07) is 9.41. The lowest BCUT2D eigenvalue weighted by Crippen LogP contribution is -2.48. The van der Waals surface area contributed by atoms with E-state index in [2.05, 4.69) is 49.2 Å². The number of aromatic amines is 1. The van der Waals surface area contributed by atoms with Crippen molar-refractivity contribution in [3.63, 3.8) is 0 Å². The van der Waals surface area contributed by atoms with Crippen LogP contribution in [0, 0.1) is 5.82 Å². The molecule has 3 aromatic heterocycles. The van der Waals surface area contributed by atoms with Crippen molar-refractivity contribution in [2.75, 3.05) is 38.1 Å². The van der Waals surface area contributed by atoms with Crippen molar-refractivity contribution < 1.29 is 13.9 Å². The van der Waals surface area contributed by atoms with Crippen molar-refractivity contribution in [2.24, 2.45) is 0 Å². The molecule has 0 radical (unpaired) electrons. The molecule has 1 aliphatic rings. The van der Waals surface area contributed by atoms with Crippen molar-refractivity contribution in [2.45, 2.75) is 33.2 Å². The molecule has 4 aromatic rings. The van der Waals surface area contributed by atoms with Gasteiger partial charge >= 0.3 is 6.09 Å². The monoisotopic (exact) mass is 518 g/mol. The summed E-state index contributed by atoms with van der Waals surface area (Å²) in [5.41, 5.74) is 3.74. The maximum atomic E-state index is 14.7. The molecule has 5 rings (SSSR count). The van der Waals surface area contributed by atoms with E-state index in [0.717, 1.165) is 48.0 Å². The van der Waals surface area contributed by atoms with E-state index in [0.29, 0.717) is 31.1 Å². The normalized spacial score (nSPS) is 14.3. The lowest BCUT2D eigenvalue weighted by Gasteiger charge is -2.33. The van der Waals surface area contributed by atoms with Gasteiger partial charge in [-0.1, -0.05) is 26.0 Å². The molecule has 38 heavy (non-hydrogen) atoms. The van der Waals surface area contributed by atoms with E-state index in [4.69, 9.17) is 4.74 Å². The highest BCUT2D eigenvalue weighted by molar-refractivity contribution is 5.86. The number of fused-ring (bicyclic) bond motifs is 1. The van der Waals surface area contributed by atoms with E-state index in [1.54, 1.807) is 11.1 Å². The van der Waals surface area contributed by atoms with Crippen molar-refractivity contribution in [1.29, 1.82) is 0 Å². The van der Waals surface area contributed by atoms with Gasteiger partial charge in [0.05, 0.1) is 18.3 Å². The predicted molar refractivity (Wildman–Crippen MR) is 143 cm³/mol. The number of pyridine rings is 1. The van der Waals surface area contributed by atoms with Gasteiger partial charge in [-0.15, -0.1) is 0 Å². The molecule has 4 heterocycles. The molecule has 2 N–H and O–H groups in total. The van der Waals surface area contributed by atoms with E-state index < -0.39 is 5.82 Å². The topological polar surface area (TPSA) is 112 Å². The Bertz CT molecular complexity index is 1410. The molecule has 0 aliphatic carbocycles. The van der Waals surface area contributed by atoms with Gasteiger partial charge in [-0.3, -0.25) is 10.00 Å². The van der Waals surface area contributed by atoms with Crippen LogP contribution < -0.4 is 5.32 Å². The molecule has 0 unspecified atom stereocenters. The molecular formula is C27H31FN8O2. The Balaban J connectivity index is 1.24. The van der Waals surface area contributed by atoms with Gasteiger partial charge in [-0.2, -0.15) is 5.10 Å². The number of piperazine rings is 1. The quantitative estimate of drug-likeness (QED) is 0.362.